The molecule has 3 rings (SSSR count). The summed E-state index contributed by atoms with van der Waals surface area (Å²) < 4.78 is 51.3. The number of hydrogen-bond donors (Lipinski definition) is 2. The molecule has 3 aromatic rings. The maximum absolute atomic E-state index is 13.6. The molecule has 0 saturated carbocycles. The molecule has 2 N–H and O–H groups in total. The number of phenols is 1. The van der Waals surface area contributed by atoms with Gasteiger partial charge in [0.2, 0.25) is 5.75 Å². The van der Waals surface area contributed by atoms with E-state index in [0.717, 1.165) is 29.6 Å². The average Bonchev–Trinajstić information content (AvgIpc) is 2.83. The normalized spacial score (nSPS) is 10.8. The average molecular weight is 476 g/mol. The Morgan fingerprint density at radius 2 is 1.45 bits per heavy atom. The lowest BCUT2D eigenvalue weighted by atomic mass is 10.1. The van der Waals surface area contributed by atoms with Crippen LogP contribution in [0.1, 0.15) is 11.1 Å². The highest BCUT2D eigenvalue weighted by Crippen LogP contribution is 2.41. The summed E-state index contributed by atoms with van der Waals surface area (Å²) >= 11 is 1.05. The molecule has 0 bridgehead atoms. The van der Waals surface area contributed by atoms with Gasteiger partial charge in [-0.25, -0.2) is 8.78 Å². The topological polar surface area (TPSA) is 69.2 Å². The van der Waals surface area contributed by atoms with Crippen molar-refractivity contribution >= 4 is 29.8 Å². The highest BCUT2D eigenvalue weighted by molar-refractivity contribution is 8.00. The van der Waals surface area contributed by atoms with Gasteiger partial charge < -0.3 is 28.8 Å². The molecule has 174 valence electrons. The fourth-order valence-corrected chi connectivity index (χ4v) is 3.80. The molecule has 0 spiro atoms. The monoisotopic (exact) mass is 475 g/mol. The Morgan fingerprint density at radius 1 is 0.788 bits per heavy atom. The molecule has 0 aromatic heterocycles. The van der Waals surface area contributed by atoms with E-state index in [-0.39, 0.29) is 11.5 Å². The van der Waals surface area contributed by atoms with Crippen LogP contribution >= 0.6 is 11.9 Å². The molecule has 0 saturated heterocycles. The Kier molecular flexibility index (Phi) is 7.89. The SMILES string of the molecule is COc1cc(/C=C\c2ccc(O)c(OC)c2NSc2ccc(F)c(F)c2)cc(OC)c1OC. The van der Waals surface area contributed by atoms with Crippen molar-refractivity contribution in [3.63, 3.8) is 0 Å². The molecule has 33 heavy (non-hydrogen) atoms. The van der Waals surface area contributed by atoms with E-state index in [0.29, 0.717) is 33.4 Å². The van der Waals surface area contributed by atoms with Crippen LogP contribution in [-0.2, 0) is 0 Å². The summed E-state index contributed by atoms with van der Waals surface area (Å²) in [6.45, 7) is 0. The zero-order valence-corrected chi connectivity index (χ0v) is 19.3. The summed E-state index contributed by atoms with van der Waals surface area (Å²) in [6, 6.07) is 10.3. The maximum Gasteiger partial charge on any atom is 0.203 e. The maximum atomic E-state index is 13.6. The summed E-state index contributed by atoms with van der Waals surface area (Å²) in [6.07, 6.45) is 3.63. The number of aromatic hydroxyl groups is 1. The van der Waals surface area contributed by atoms with Crippen LogP contribution in [0.15, 0.2) is 47.4 Å². The highest BCUT2D eigenvalue weighted by atomic mass is 32.2. The molecule has 0 fully saturated rings. The summed E-state index contributed by atoms with van der Waals surface area (Å²) in [5.74, 6) is -0.254. The second kappa shape index (κ2) is 10.8. The van der Waals surface area contributed by atoms with Gasteiger partial charge in [-0.15, -0.1) is 0 Å². The standard InChI is InChI=1S/C24H23F2NO5S/c1-29-20-11-14(12-21(30-2)24(20)32-4)5-6-15-7-10-19(28)23(31-3)22(15)27-33-16-8-9-17(25)18(26)13-16/h5-13,27-28H,1-4H3/b6-5-. The number of methoxy groups -OCH3 is 4. The van der Waals surface area contributed by atoms with Gasteiger partial charge in [0.05, 0.1) is 34.1 Å². The molecule has 9 heteroatoms. The predicted molar refractivity (Wildman–Crippen MR) is 126 cm³/mol. The quantitative estimate of drug-likeness (QED) is 0.291. The Hall–Kier alpha value is -3.59. The highest BCUT2D eigenvalue weighted by Gasteiger charge is 2.15. The summed E-state index contributed by atoms with van der Waals surface area (Å²) in [5, 5.41) is 10.2. The molecule has 0 aliphatic rings. The first-order valence-electron chi connectivity index (χ1n) is 9.67. The van der Waals surface area contributed by atoms with E-state index in [1.54, 1.807) is 24.3 Å². The lowest BCUT2D eigenvalue weighted by molar-refractivity contribution is 0.324. The molecule has 0 atom stereocenters. The second-order valence-corrected chi connectivity index (χ2v) is 7.53. The van der Waals surface area contributed by atoms with Crippen molar-refractivity contribution in [2.75, 3.05) is 33.2 Å². The molecule has 3 aromatic carbocycles. The van der Waals surface area contributed by atoms with Gasteiger partial charge in [0, 0.05) is 10.5 Å². The lowest BCUT2D eigenvalue weighted by Crippen LogP contribution is -1.97. The third kappa shape index (κ3) is 5.43. The fraction of sp³-hybridized carbons (Fsp3) is 0.167. The van der Waals surface area contributed by atoms with Gasteiger partial charge in [-0.3, -0.25) is 0 Å². The van der Waals surface area contributed by atoms with Gasteiger partial charge in [-0.05, 0) is 60.0 Å². The van der Waals surface area contributed by atoms with Crippen molar-refractivity contribution in [2.45, 2.75) is 4.90 Å². The summed E-state index contributed by atoms with van der Waals surface area (Å²) in [7, 11) is 6.02. The van der Waals surface area contributed by atoms with Crippen LogP contribution in [0.2, 0.25) is 0 Å². The minimum absolute atomic E-state index is 0.0733. The van der Waals surface area contributed by atoms with Crippen LogP contribution in [0.3, 0.4) is 0 Å². The predicted octanol–water partition coefficient (Wildman–Crippen LogP) is 5.99. The van der Waals surface area contributed by atoms with E-state index in [1.165, 1.54) is 40.6 Å². The number of phenolic OH excluding ortho intramolecular Hbond substituents is 1. The van der Waals surface area contributed by atoms with Gasteiger partial charge in [0.15, 0.2) is 34.6 Å². The largest absolute Gasteiger partial charge is 0.504 e. The lowest BCUT2D eigenvalue weighted by Gasteiger charge is -2.15. The number of halogens is 2. The van der Waals surface area contributed by atoms with E-state index in [2.05, 4.69) is 4.72 Å². The molecule has 0 aliphatic carbocycles. The minimum atomic E-state index is -0.952. The smallest absolute Gasteiger partial charge is 0.203 e. The number of hydrogen-bond acceptors (Lipinski definition) is 7. The van der Waals surface area contributed by atoms with Crippen LogP contribution in [0.25, 0.3) is 12.2 Å². The minimum Gasteiger partial charge on any atom is -0.504 e. The Morgan fingerprint density at radius 3 is 2.03 bits per heavy atom. The number of anilines is 1. The van der Waals surface area contributed by atoms with Gasteiger partial charge in [-0.2, -0.15) is 0 Å². The molecular formula is C24H23F2NO5S. The van der Waals surface area contributed by atoms with Crippen LogP contribution in [-0.4, -0.2) is 33.5 Å². The third-order valence-corrected chi connectivity index (χ3v) is 5.47. The molecule has 0 amide bonds. The van der Waals surface area contributed by atoms with Crippen LogP contribution < -0.4 is 23.7 Å². The second-order valence-electron chi connectivity index (χ2n) is 6.65. The van der Waals surface area contributed by atoms with Crippen molar-refractivity contribution in [1.82, 2.24) is 0 Å². The van der Waals surface area contributed by atoms with Crippen LogP contribution in [0, 0.1) is 11.6 Å². The van der Waals surface area contributed by atoms with Crippen molar-refractivity contribution in [1.29, 1.82) is 0 Å². The summed E-state index contributed by atoms with van der Waals surface area (Å²) in [4.78, 5) is 0.443. The van der Waals surface area contributed by atoms with E-state index in [4.69, 9.17) is 18.9 Å². The summed E-state index contributed by atoms with van der Waals surface area (Å²) in [5.41, 5.74) is 1.90. The molecule has 0 unspecified atom stereocenters. The van der Waals surface area contributed by atoms with Crippen molar-refractivity contribution in [2.24, 2.45) is 0 Å². The van der Waals surface area contributed by atoms with Crippen LogP contribution in [0.4, 0.5) is 14.5 Å². The van der Waals surface area contributed by atoms with Gasteiger partial charge in [-0.1, -0.05) is 12.2 Å². The third-order valence-electron chi connectivity index (χ3n) is 4.68. The van der Waals surface area contributed by atoms with Crippen molar-refractivity contribution in [3.05, 3.63) is 65.2 Å². The van der Waals surface area contributed by atoms with Crippen molar-refractivity contribution < 1.29 is 32.8 Å². The van der Waals surface area contributed by atoms with E-state index in [9.17, 15) is 13.9 Å². The zero-order valence-electron chi connectivity index (χ0n) is 18.4. The zero-order chi connectivity index (χ0) is 24.0. The molecule has 6 nitrogen and oxygen atoms in total. The van der Waals surface area contributed by atoms with Crippen LogP contribution in [0.5, 0.6) is 28.7 Å². The Labute approximate surface area is 194 Å². The number of nitrogens with one attached hydrogen (secondary N) is 1. The number of rotatable bonds is 9. The molecule has 0 heterocycles. The van der Waals surface area contributed by atoms with Gasteiger partial charge in [0.25, 0.3) is 0 Å². The molecule has 0 aliphatic heterocycles. The first-order valence-corrected chi connectivity index (χ1v) is 10.5. The Bertz CT molecular complexity index is 1140. The fourth-order valence-electron chi connectivity index (χ4n) is 3.07. The first kappa shape index (κ1) is 24.1. The molecule has 0 radical (unpaired) electrons. The molecular weight excluding hydrogens is 452 g/mol. The number of benzene rings is 3. The van der Waals surface area contributed by atoms with E-state index >= 15 is 0 Å². The van der Waals surface area contributed by atoms with Gasteiger partial charge >= 0.3 is 0 Å². The van der Waals surface area contributed by atoms with E-state index in [1.807, 2.05) is 6.08 Å². The number of ether oxygens (including phenoxy) is 4. The van der Waals surface area contributed by atoms with Gasteiger partial charge in [0.1, 0.15) is 0 Å². The van der Waals surface area contributed by atoms with Crippen molar-refractivity contribution in [3.8, 4) is 28.7 Å². The first-order chi connectivity index (χ1) is 15.9. The Balaban J connectivity index is 1.96. The van der Waals surface area contributed by atoms with E-state index < -0.39 is 11.6 Å².